The molecule has 1 amide bonds. The number of anilines is 2. The number of hydrogen-bond donors (Lipinski definition) is 3. The second kappa shape index (κ2) is 8.01. The van der Waals surface area contributed by atoms with E-state index in [1.165, 1.54) is 11.0 Å². The summed E-state index contributed by atoms with van der Waals surface area (Å²) in [7, 11) is 0. The molecule has 1 fully saturated rings. The predicted molar refractivity (Wildman–Crippen MR) is 113 cm³/mol. The highest BCUT2D eigenvalue weighted by Gasteiger charge is 2.27. The van der Waals surface area contributed by atoms with Crippen LogP contribution in [0.5, 0.6) is 0 Å². The number of thiophene rings is 1. The minimum atomic E-state index is -1.56. The number of piperazine rings is 1. The molecular formula is C18H17ClN6O4S. The number of aromatic carboxylic acids is 1. The molecule has 4 rings (SSSR count). The third kappa shape index (κ3) is 3.86. The third-order valence-corrected chi connectivity index (χ3v) is 5.99. The highest BCUT2D eigenvalue weighted by atomic mass is 35.5. The van der Waals surface area contributed by atoms with Crippen molar-refractivity contribution < 1.29 is 19.8 Å². The van der Waals surface area contributed by atoms with Crippen molar-refractivity contribution in [2.45, 2.75) is 5.56 Å². The van der Waals surface area contributed by atoms with E-state index >= 15 is 0 Å². The fraction of sp³-hybridized carbons (Fsp3) is 0.278. The molecule has 4 heterocycles. The van der Waals surface area contributed by atoms with Gasteiger partial charge in [-0.05, 0) is 24.3 Å². The van der Waals surface area contributed by atoms with Crippen LogP contribution in [-0.4, -0.2) is 73.7 Å². The molecule has 30 heavy (non-hydrogen) atoms. The summed E-state index contributed by atoms with van der Waals surface area (Å²) in [6.45, 7) is 1.63. The second-order valence-corrected chi connectivity index (χ2v) is 8.08. The number of halogens is 1. The van der Waals surface area contributed by atoms with E-state index in [0.29, 0.717) is 53.6 Å². The summed E-state index contributed by atoms with van der Waals surface area (Å²) in [5.74, 6) is -0.882. The van der Waals surface area contributed by atoms with E-state index in [4.69, 9.17) is 22.4 Å². The lowest BCUT2D eigenvalue weighted by atomic mass is 10.2. The van der Waals surface area contributed by atoms with E-state index in [-0.39, 0.29) is 10.8 Å². The maximum absolute atomic E-state index is 11.9. The van der Waals surface area contributed by atoms with Crippen LogP contribution in [0, 0.1) is 0 Å². The van der Waals surface area contributed by atoms with Crippen molar-refractivity contribution in [1.29, 1.82) is 0 Å². The summed E-state index contributed by atoms with van der Waals surface area (Å²) in [6, 6.07) is 6.77. The molecule has 1 saturated heterocycles. The number of aliphatic hydroxyl groups excluding tert-OH is 1. The van der Waals surface area contributed by atoms with Crippen molar-refractivity contribution >= 4 is 57.6 Å². The zero-order chi connectivity index (χ0) is 21.4. The molecule has 1 unspecified atom stereocenters. The minimum Gasteiger partial charge on any atom is -0.477 e. The Morgan fingerprint density at radius 3 is 2.47 bits per heavy atom. The molecule has 0 aromatic carbocycles. The molecule has 0 aliphatic carbocycles. The lowest BCUT2D eigenvalue weighted by Crippen LogP contribution is -2.51. The summed E-state index contributed by atoms with van der Waals surface area (Å²) in [4.78, 5) is 40.7. The fourth-order valence-corrected chi connectivity index (χ4v) is 4.21. The van der Waals surface area contributed by atoms with Crippen molar-refractivity contribution in [3.8, 4) is 10.6 Å². The Labute approximate surface area is 179 Å². The van der Waals surface area contributed by atoms with Gasteiger partial charge in [0.15, 0.2) is 5.82 Å². The molecule has 0 radical (unpaired) electrons. The first-order valence-electron chi connectivity index (χ1n) is 8.97. The van der Waals surface area contributed by atoms with E-state index in [0.717, 1.165) is 11.3 Å². The van der Waals surface area contributed by atoms with Crippen LogP contribution in [0.4, 0.5) is 11.8 Å². The molecule has 1 aliphatic heterocycles. The van der Waals surface area contributed by atoms with Gasteiger partial charge in [0, 0.05) is 26.2 Å². The van der Waals surface area contributed by atoms with Crippen molar-refractivity contribution in [3.63, 3.8) is 0 Å². The van der Waals surface area contributed by atoms with Crippen LogP contribution in [-0.2, 0) is 4.79 Å². The molecule has 1 aliphatic rings. The van der Waals surface area contributed by atoms with Crippen molar-refractivity contribution in [2.75, 3.05) is 36.8 Å². The first kappa shape index (κ1) is 20.3. The van der Waals surface area contributed by atoms with Crippen molar-refractivity contribution in [2.24, 2.45) is 0 Å². The van der Waals surface area contributed by atoms with Gasteiger partial charge < -0.3 is 25.7 Å². The van der Waals surface area contributed by atoms with Crippen LogP contribution in [0.25, 0.3) is 21.6 Å². The number of carboxylic acids is 1. The molecule has 3 aromatic rings. The van der Waals surface area contributed by atoms with Crippen LogP contribution >= 0.6 is 22.9 Å². The van der Waals surface area contributed by atoms with Gasteiger partial charge in [0.1, 0.15) is 10.4 Å². The minimum absolute atomic E-state index is 0.103. The highest BCUT2D eigenvalue weighted by Crippen LogP contribution is 2.31. The number of fused-ring (bicyclic) bond motifs is 1. The maximum atomic E-state index is 11.9. The number of hydrogen-bond acceptors (Lipinski definition) is 9. The predicted octanol–water partition coefficient (Wildman–Crippen LogP) is 1.24. The fourth-order valence-electron chi connectivity index (χ4n) is 3.25. The average Bonchev–Trinajstić information content (AvgIpc) is 3.23. The number of pyridine rings is 1. The molecule has 10 nitrogen and oxygen atoms in total. The van der Waals surface area contributed by atoms with E-state index < -0.39 is 17.4 Å². The van der Waals surface area contributed by atoms with Gasteiger partial charge in [-0.25, -0.2) is 14.8 Å². The monoisotopic (exact) mass is 448 g/mol. The molecular weight excluding hydrogens is 432 g/mol. The van der Waals surface area contributed by atoms with E-state index in [1.807, 2.05) is 4.90 Å². The molecule has 3 aromatic heterocycles. The average molecular weight is 449 g/mol. The summed E-state index contributed by atoms with van der Waals surface area (Å²) in [6.07, 6.45) is 0. The first-order chi connectivity index (χ1) is 14.3. The maximum Gasteiger partial charge on any atom is 0.345 e. The number of nitrogens with zero attached hydrogens (tertiary/aromatic N) is 5. The third-order valence-electron chi connectivity index (χ3n) is 4.71. The molecule has 12 heteroatoms. The van der Waals surface area contributed by atoms with Gasteiger partial charge in [0.2, 0.25) is 11.5 Å². The van der Waals surface area contributed by atoms with E-state index in [9.17, 15) is 14.7 Å². The van der Waals surface area contributed by atoms with Gasteiger partial charge in [-0.1, -0.05) is 11.6 Å². The topological polar surface area (TPSA) is 146 Å². The Kier molecular flexibility index (Phi) is 5.41. The Morgan fingerprint density at radius 2 is 1.83 bits per heavy atom. The smallest absolute Gasteiger partial charge is 0.345 e. The van der Waals surface area contributed by atoms with Gasteiger partial charge in [0.25, 0.3) is 5.91 Å². The number of alkyl halides is 1. The van der Waals surface area contributed by atoms with Crippen LogP contribution < -0.4 is 10.6 Å². The number of aromatic nitrogens is 3. The summed E-state index contributed by atoms with van der Waals surface area (Å²) >= 11 is 6.61. The van der Waals surface area contributed by atoms with Crippen LogP contribution in [0.2, 0.25) is 0 Å². The SMILES string of the molecule is Nc1nc(N2CCN(C(=O)C(O)Cl)CC2)c2nc(-c3ccc(C(=O)O)s3)ccc2n1. The highest BCUT2D eigenvalue weighted by molar-refractivity contribution is 7.17. The number of carbonyl (C=O) groups excluding carboxylic acids is 1. The van der Waals surface area contributed by atoms with Gasteiger partial charge in [-0.15, -0.1) is 11.3 Å². The quantitative estimate of drug-likeness (QED) is 0.501. The van der Waals surface area contributed by atoms with E-state index in [2.05, 4.69) is 15.0 Å². The van der Waals surface area contributed by atoms with Crippen LogP contribution in [0.15, 0.2) is 24.3 Å². The normalized spacial score (nSPS) is 15.4. The Bertz CT molecular complexity index is 1130. The summed E-state index contributed by atoms with van der Waals surface area (Å²) < 4.78 is 0. The second-order valence-electron chi connectivity index (χ2n) is 6.59. The van der Waals surface area contributed by atoms with Gasteiger partial charge in [-0.3, -0.25) is 4.79 Å². The molecule has 0 saturated carbocycles. The number of amides is 1. The Morgan fingerprint density at radius 1 is 1.10 bits per heavy atom. The zero-order valence-corrected chi connectivity index (χ0v) is 17.1. The molecule has 1 atom stereocenters. The lowest BCUT2D eigenvalue weighted by Gasteiger charge is -2.35. The Balaban J connectivity index is 1.67. The largest absolute Gasteiger partial charge is 0.477 e. The molecule has 0 bridgehead atoms. The number of nitrogen functional groups attached to an aromatic ring is 1. The molecule has 0 spiro atoms. The first-order valence-corrected chi connectivity index (χ1v) is 10.2. The van der Waals surface area contributed by atoms with Crippen molar-refractivity contribution in [3.05, 3.63) is 29.1 Å². The molecule has 4 N–H and O–H groups in total. The number of carboxylic acid groups (broad SMARTS) is 1. The lowest BCUT2D eigenvalue weighted by molar-refractivity contribution is -0.136. The van der Waals surface area contributed by atoms with Crippen molar-refractivity contribution in [1.82, 2.24) is 19.9 Å². The van der Waals surface area contributed by atoms with Gasteiger partial charge in [-0.2, -0.15) is 4.98 Å². The standard InChI is InChI=1S/C18H17ClN6O4S/c19-14(26)16(27)25-7-5-24(6-8-25)15-13-10(22-18(20)23-15)2-1-9(21-13)11-3-4-12(30-11)17(28)29/h1-4,14,26H,5-8H2,(H,28,29)(H2,20,22,23). The molecule has 156 valence electrons. The number of nitrogens with two attached hydrogens (primary N) is 1. The number of rotatable bonds is 4. The van der Waals surface area contributed by atoms with Crippen LogP contribution in [0.1, 0.15) is 9.67 Å². The zero-order valence-electron chi connectivity index (χ0n) is 15.5. The van der Waals surface area contributed by atoms with E-state index in [1.54, 1.807) is 18.2 Å². The number of aliphatic hydroxyl groups is 1. The summed E-state index contributed by atoms with van der Waals surface area (Å²) in [5, 5.41) is 18.4. The Hall–Kier alpha value is -3.02. The van der Waals surface area contributed by atoms with Gasteiger partial charge in [0.05, 0.1) is 16.1 Å². The number of carbonyl (C=O) groups is 2. The van der Waals surface area contributed by atoms with Crippen LogP contribution in [0.3, 0.4) is 0 Å². The van der Waals surface area contributed by atoms with Gasteiger partial charge >= 0.3 is 5.97 Å². The summed E-state index contributed by atoms with van der Waals surface area (Å²) in [5.41, 5.74) is 6.02.